The summed E-state index contributed by atoms with van der Waals surface area (Å²) in [5.41, 5.74) is 2.73. The molecule has 0 aliphatic carbocycles. The van der Waals surface area contributed by atoms with E-state index in [1.165, 1.54) is 11.1 Å². The van der Waals surface area contributed by atoms with Gasteiger partial charge in [0.05, 0.1) is 0 Å². The highest BCUT2D eigenvalue weighted by Crippen LogP contribution is 2.40. The molecule has 1 heterocycles. The summed E-state index contributed by atoms with van der Waals surface area (Å²) in [6.07, 6.45) is 3.27. The maximum atomic E-state index is 6.12. The Morgan fingerprint density at radius 2 is 2.00 bits per heavy atom. The van der Waals surface area contributed by atoms with E-state index in [0.29, 0.717) is 0 Å². The zero-order valence-electron chi connectivity index (χ0n) is 9.26. The van der Waals surface area contributed by atoms with Gasteiger partial charge in [-0.2, -0.15) is 0 Å². The quantitative estimate of drug-likeness (QED) is 0.693. The number of rotatable bonds is 2. The zero-order chi connectivity index (χ0) is 10.2. The fourth-order valence-electron chi connectivity index (χ4n) is 2.24. The molecule has 0 saturated carbocycles. The van der Waals surface area contributed by atoms with E-state index in [1.54, 1.807) is 0 Å². The molecule has 0 saturated heterocycles. The van der Waals surface area contributed by atoms with Gasteiger partial charge >= 0.3 is 0 Å². The normalized spacial score (nSPS) is 17.6. The summed E-state index contributed by atoms with van der Waals surface area (Å²) in [7, 11) is 0. The van der Waals surface area contributed by atoms with Crippen molar-refractivity contribution in [2.45, 2.75) is 45.6 Å². The summed E-state index contributed by atoms with van der Waals surface area (Å²) in [4.78, 5) is 0. The van der Waals surface area contributed by atoms with Gasteiger partial charge in [0, 0.05) is 6.42 Å². The van der Waals surface area contributed by atoms with E-state index in [2.05, 4.69) is 39.0 Å². The third kappa shape index (κ3) is 1.31. The molecule has 0 amide bonds. The van der Waals surface area contributed by atoms with Gasteiger partial charge in [-0.25, -0.2) is 0 Å². The van der Waals surface area contributed by atoms with E-state index >= 15 is 0 Å². The van der Waals surface area contributed by atoms with Crippen LogP contribution in [-0.2, 0) is 6.42 Å². The first kappa shape index (κ1) is 9.57. The maximum absolute atomic E-state index is 6.12. The van der Waals surface area contributed by atoms with Crippen molar-refractivity contribution < 1.29 is 4.74 Å². The summed E-state index contributed by atoms with van der Waals surface area (Å²) >= 11 is 0. The van der Waals surface area contributed by atoms with Crippen molar-refractivity contribution in [3.05, 3.63) is 29.3 Å². The lowest BCUT2D eigenvalue weighted by Crippen LogP contribution is -2.32. The van der Waals surface area contributed by atoms with Crippen molar-refractivity contribution in [1.82, 2.24) is 0 Å². The van der Waals surface area contributed by atoms with E-state index in [-0.39, 0.29) is 5.60 Å². The van der Waals surface area contributed by atoms with Crippen LogP contribution in [0.4, 0.5) is 0 Å². The summed E-state index contributed by atoms with van der Waals surface area (Å²) in [6, 6.07) is 6.44. The Labute approximate surface area is 86.1 Å². The molecule has 1 nitrogen and oxygen atoms in total. The molecule has 0 spiro atoms. The number of fused-ring (bicyclic) bond motifs is 1. The van der Waals surface area contributed by atoms with E-state index in [0.717, 1.165) is 25.0 Å². The number of ether oxygens (including phenoxy) is 1. The lowest BCUT2D eigenvalue weighted by Gasteiger charge is -2.26. The molecule has 0 fully saturated rings. The first-order chi connectivity index (χ1) is 6.71. The van der Waals surface area contributed by atoms with Crippen molar-refractivity contribution in [1.29, 1.82) is 0 Å². The predicted octanol–water partition coefficient (Wildman–Crippen LogP) is 3.49. The Bertz CT molecular complexity index is 337. The molecular weight excluding hydrogens is 172 g/mol. The Kier molecular flexibility index (Phi) is 2.26. The topological polar surface area (TPSA) is 9.23 Å². The van der Waals surface area contributed by atoms with Gasteiger partial charge in [0.15, 0.2) is 0 Å². The molecule has 1 aromatic carbocycles. The first-order valence-electron chi connectivity index (χ1n) is 5.48. The van der Waals surface area contributed by atoms with Crippen LogP contribution in [0.5, 0.6) is 5.75 Å². The van der Waals surface area contributed by atoms with Gasteiger partial charge < -0.3 is 4.74 Å². The fraction of sp³-hybridized carbons (Fsp3) is 0.538. The number of benzene rings is 1. The van der Waals surface area contributed by atoms with Crippen LogP contribution >= 0.6 is 0 Å². The molecular formula is C13H18O. The van der Waals surface area contributed by atoms with Crippen LogP contribution in [0.2, 0.25) is 0 Å². The smallest absolute Gasteiger partial charge is 0.126 e. The lowest BCUT2D eigenvalue weighted by molar-refractivity contribution is 0.0851. The molecule has 0 N–H and O–H groups in total. The monoisotopic (exact) mass is 190 g/mol. The molecule has 2 rings (SSSR count). The lowest BCUT2D eigenvalue weighted by atomic mass is 9.92. The highest BCUT2D eigenvalue weighted by molar-refractivity contribution is 5.45. The van der Waals surface area contributed by atoms with Crippen molar-refractivity contribution in [3.8, 4) is 5.75 Å². The molecule has 0 atom stereocenters. The summed E-state index contributed by atoms with van der Waals surface area (Å²) in [5, 5.41) is 0. The summed E-state index contributed by atoms with van der Waals surface area (Å²) in [5.74, 6) is 1.14. The van der Waals surface area contributed by atoms with Crippen LogP contribution in [0.15, 0.2) is 18.2 Å². The van der Waals surface area contributed by atoms with E-state index in [1.807, 2.05) is 0 Å². The van der Waals surface area contributed by atoms with Gasteiger partial charge in [-0.05, 0) is 30.9 Å². The highest BCUT2D eigenvalue weighted by atomic mass is 16.5. The second-order valence-corrected chi connectivity index (χ2v) is 4.23. The second-order valence-electron chi connectivity index (χ2n) is 4.23. The number of hydrogen-bond acceptors (Lipinski definition) is 1. The molecule has 1 heteroatoms. The molecule has 0 bridgehead atoms. The van der Waals surface area contributed by atoms with E-state index < -0.39 is 0 Å². The Hall–Kier alpha value is -0.980. The van der Waals surface area contributed by atoms with Gasteiger partial charge in [-0.15, -0.1) is 0 Å². The zero-order valence-corrected chi connectivity index (χ0v) is 9.26. The number of para-hydroxylation sites is 1. The standard InChI is InChI=1S/C13H18O/c1-4-13(5-2)9-11-8-6-7-10(3)12(11)14-13/h6-8H,4-5,9H2,1-3H3. The molecule has 0 radical (unpaired) electrons. The minimum absolute atomic E-state index is 0.0778. The van der Waals surface area contributed by atoms with Gasteiger partial charge in [0.1, 0.15) is 11.4 Å². The van der Waals surface area contributed by atoms with Crippen molar-refractivity contribution in [2.75, 3.05) is 0 Å². The van der Waals surface area contributed by atoms with Gasteiger partial charge in [-0.3, -0.25) is 0 Å². The first-order valence-corrected chi connectivity index (χ1v) is 5.48. The molecule has 14 heavy (non-hydrogen) atoms. The van der Waals surface area contributed by atoms with Gasteiger partial charge in [0.2, 0.25) is 0 Å². The van der Waals surface area contributed by atoms with Gasteiger partial charge in [0.25, 0.3) is 0 Å². The molecule has 1 aliphatic heterocycles. The van der Waals surface area contributed by atoms with Gasteiger partial charge in [-0.1, -0.05) is 32.0 Å². The summed E-state index contributed by atoms with van der Waals surface area (Å²) in [6.45, 7) is 6.55. The van der Waals surface area contributed by atoms with Crippen LogP contribution in [0.3, 0.4) is 0 Å². The van der Waals surface area contributed by atoms with Crippen molar-refractivity contribution in [3.63, 3.8) is 0 Å². The minimum atomic E-state index is 0.0778. The van der Waals surface area contributed by atoms with E-state index in [9.17, 15) is 0 Å². The summed E-state index contributed by atoms with van der Waals surface area (Å²) < 4.78 is 6.12. The van der Waals surface area contributed by atoms with E-state index in [4.69, 9.17) is 4.74 Å². The maximum Gasteiger partial charge on any atom is 0.126 e. The third-order valence-electron chi connectivity index (χ3n) is 3.41. The van der Waals surface area contributed by atoms with Crippen molar-refractivity contribution >= 4 is 0 Å². The Morgan fingerprint density at radius 1 is 1.29 bits per heavy atom. The predicted molar refractivity (Wildman–Crippen MR) is 58.8 cm³/mol. The Morgan fingerprint density at radius 3 is 2.57 bits per heavy atom. The third-order valence-corrected chi connectivity index (χ3v) is 3.41. The van der Waals surface area contributed by atoms with Crippen molar-refractivity contribution in [2.24, 2.45) is 0 Å². The SMILES string of the molecule is CCC1(CC)Cc2cccc(C)c2O1. The largest absolute Gasteiger partial charge is 0.486 e. The van der Waals surface area contributed by atoms with Crippen LogP contribution in [-0.4, -0.2) is 5.60 Å². The Balaban J connectivity index is 2.38. The molecule has 76 valence electrons. The van der Waals surface area contributed by atoms with Crippen LogP contribution in [0.25, 0.3) is 0 Å². The highest BCUT2D eigenvalue weighted by Gasteiger charge is 2.36. The second kappa shape index (κ2) is 3.30. The minimum Gasteiger partial charge on any atom is -0.486 e. The number of hydrogen-bond donors (Lipinski definition) is 0. The van der Waals surface area contributed by atoms with Crippen LogP contribution in [0, 0.1) is 6.92 Å². The molecule has 0 unspecified atom stereocenters. The average Bonchev–Trinajstić information content (AvgIpc) is 2.59. The number of aryl methyl sites for hydroxylation is 1. The van der Waals surface area contributed by atoms with Crippen LogP contribution < -0.4 is 4.74 Å². The average molecular weight is 190 g/mol. The molecule has 1 aromatic rings. The molecule has 0 aromatic heterocycles. The van der Waals surface area contributed by atoms with Crippen LogP contribution in [0.1, 0.15) is 37.8 Å². The molecule has 1 aliphatic rings. The fourth-order valence-corrected chi connectivity index (χ4v) is 2.24.